The minimum atomic E-state index is 0.245. The Morgan fingerprint density at radius 2 is 1.67 bits per heavy atom. The highest BCUT2D eigenvalue weighted by Gasteiger charge is 2.22. The number of anilines is 1. The fourth-order valence-corrected chi connectivity index (χ4v) is 3.51. The van der Waals surface area contributed by atoms with Crippen LogP contribution in [0.3, 0.4) is 0 Å². The van der Waals surface area contributed by atoms with Crippen LogP contribution in [0.25, 0.3) is 0 Å². The molecule has 0 bridgehead atoms. The maximum atomic E-state index is 12.6. The summed E-state index contributed by atoms with van der Waals surface area (Å²) >= 11 is 0. The Hall–Kier alpha value is -2.53. The molecule has 0 spiro atoms. The predicted octanol–water partition coefficient (Wildman–Crippen LogP) is 2.87. The highest BCUT2D eigenvalue weighted by molar-refractivity contribution is 5.76. The lowest BCUT2D eigenvalue weighted by Crippen LogP contribution is -2.49. The quantitative estimate of drug-likeness (QED) is 0.754. The second-order valence-corrected chi connectivity index (χ2v) is 7.01. The second kappa shape index (κ2) is 9.42. The fraction of sp³-hybridized carbons (Fsp3) is 0.409. The molecule has 1 aliphatic rings. The van der Waals surface area contributed by atoms with Gasteiger partial charge in [0.1, 0.15) is 5.75 Å². The first-order valence-corrected chi connectivity index (χ1v) is 9.55. The van der Waals surface area contributed by atoms with Crippen molar-refractivity contribution >= 4 is 11.6 Å². The number of hydrogen-bond acceptors (Lipinski definition) is 4. The van der Waals surface area contributed by atoms with Gasteiger partial charge in [-0.3, -0.25) is 4.79 Å². The van der Waals surface area contributed by atoms with Gasteiger partial charge in [0.25, 0.3) is 0 Å². The molecule has 0 saturated carbocycles. The van der Waals surface area contributed by atoms with Crippen LogP contribution in [0.15, 0.2) is 54.6 Å². The molecule has 1 fully saturated rings. The number of nitrogens with zero attached hydrogens (tertiary/aromatic N) is 3. The molecule has 1 saturated heterocycles. The number of para-hydroxylation sites is 2. The Labute approximate surface area is 162 Å². The van der Waals surface area contributed by atoms with Crippen molar-refractivity contribution in [2.45, 2.75) is 13.0 Å². The topological polar surface area (TPSA) is 36.0 Å². The summed E-state index contributed by atoms with van der Waals surface area (Å²) in [4.78, 5) is 19.1. The van der Waals surface area contributed by atoms with Crippen LogP contribution in [0.2, 0.25) is 0 Å². The van der Waals surface area contributed by atoms with Crippen LogP contribution in [0.1, 0.15) is 12.0 Å². The summed E-state index contributed by atoms with van der Waals surface area (Å²) in [5.41, 5.74) is 2.38. The Bertz CT molecular complexity index is 727. The van der Waals surface area contributed by atoms with E-state index < -0.39 is 0 Å². The van der Waals surface area contributed by atoms with Crippen LogP contribution >= 0.6 is 0 Å². The smallest absolute Gasteiger partial charge is 0.223 e. The van der Waals surface area contributed by atoms with Crippen LogP contribution in [-0.4, -0.2) is 62.6 Å². The Balaban J connectivity index is 1.44. The number of methoxy groups -OCH3 is 1. The van der Waals surface area contributed by atoms with Crippen LogP contribution in [0.5, 0.6) is 5.75 Å². The molecule has 0 atom stereocenters. The minimum Gasteiger partial charge on any atom is -0.495 e. The van der Waals surface area contributed by atoms with Gasteiger partial charge in [-0.25, -0.2) is 0 Å². The molecule has 0 unspecified atom stereocenters. The lowest BCUT2D eigenvalue weighted by atomic mass is 10.2. The lowest BCUT2D eigenvalue weighted by Gasteiger charge is -2.36. The third-order valence-electron chi connectivity index (χ3n) is 5.06. The number of hydrogen-bond donors (Lipinski definition) is 0. The zero-order valence-electron chi connectivity index (χ0n) is 16.3. The van der Waals surface area contributed by atoms with E-state index in [9.17, 15) is 4.79 Å². The van der Waals surface area contributed by atoms with Gasteiger partial charge in [0, 0.05) is 45.7 Å². The lowest BCUT2D eigenvalue weighted by molar-refractivity contribution is -0.131. The number of amides is 1. The zero-order valence-corrected chi connectivity index (χ0v) is 16.3. The Morgan fingerprint density at radius 3 is 2.37 bits per heavy atom. The maximum Gasteiger partial charge on any atom is 0.223 e. The maximum absolute atomic E-state index is 12.6. The van der Waals surface area contributed by atoms with Crippen molar-refractivity contribution < 1.29 is 9.53 Å². The molecule has 0 aromatic heterocycles. The van der Waals surface area contributed by atoms with Crippen LogP contribution < -0.4 is 9.64 Å². The van der Waals surface area contributed by atoms with Crippen molar-refractivity contribution in [2.75, 3.05) is 51.8 Å². The first-order chi connectivity index (χ1) is 13.2. The normalized spacial score (nSPS) is 14.5. The van der Waals surface area contributed by atoms with E-state index >= 15 is 0 Å². The van der Waals surface area contributed by atoms with Gasteiger partial charge in [0.15, 0.2) is 0 Å². The molecule has 2 aromatic rings. The largest absolute Gasteiger partial charge is 0.495 e. The number of benzene rings is 2. The second-order valence-electron chi connectivity index (χ2n) is 7.01. The number of piperazine rings is 1. The van der Waals surface area contributed by atoms with Gasteiger partial charge in [-0.05, 0) is 24.7 Å². The SMILES string of the molecule is COc1ccccc1N1CCN(C(=O)CCN(C)Cc2ccccc2)CC1. The third kappa shape index (κ3) is 5.23. The predicted molar refractivity (Wildman–Crippen MR) is 109 cm³/mol. The molecule has 1 amide bonds. The van der Waals surface area contributed by atoms with E-state index in [0.29, 0.717) is 6.42 Å². The van der Waals surface area contributed by atoms with E-state index in [1.807, 2.05) is 29.2 Å². The average Bonchev–Trinajstić information content (AvgIpc) is 2.73. The van der Waals surface area contributed by atoms with Gasteiger partial charge < -0.3 is 19.4 Å². The Morgan fingerprint density at radius 1 is 1.00 bits per heavy atom. The zero-order chi connectivity index (χ0) is 19.1. The van der Waals surface area contributed by atoms with Crippen molar-refractivity contribution in [2.24, 2.45) is 0 Å². The van der Waals surface area contributed by atoms with Crippen molar-refractivity contribution in [1.82, 2.24) is 9.80 Å². The van der Waals surface area contributed by atoms with Gasteiger partial charge >= 0.3 is 0 Å². The van der Waals surface area contributed by atoms with Crippen molar-refractivity contribution in [3.05, 3.63) is 60.2 Å². The molecule has 1 heterocycles. The molecule has 1 aliphatic heterocycles. The summed E-state index contributed by atoms with van der Waals surface area (Å²) in [7, 11) is 3.77. The van der Waals surface area contributed by atoms with Gasteiger partial charge in [-0.1, -0.05) is 42.5 Å². The van der Waals surface area contributed by atoms with Gasteiger partial charge in [-0.2, -0.15) is 0 Å². The summed E-state index contributed by atoms with van der Waals surface area (Å²) in [6.07, 6.45) is 0.567. The molecule has 5 nitrogen and oxygen atoms in total. The van der Waals surface area contributed by atoms with Gasteiger partial charge in [0.2, 0.25) is 5.91 Å². The molecule has 27 heavy (non-hydrogen) atoms. The van der Waals surface area contributed by atoms with Crippen molar-refractivity contribution in [1.29, 1.82) is 0 Å². The highest BCUT2D eigenvalue weighted by Crippen LogP contribution is 2.28. The van der Waals surface area contributed by atoms with E-state index in [2.05, 4.69) is 47.2 Å². The molecule has 2 aromatic carbocycles. The number of rotatable bonds is 7. The van der Waals surface area contributed by atoms with Crippen LogP contribution in [0.4, 0.5) is 5.69 Å². The highest BCUT2D eigenvalue weighted by atomic mass is 16.5. The molecular weight excluding hydrogens is 338 g/mol. The third-order valence-corrected chi connectivity index (χ3v) is 5.06. The fourth-order valence-electron chi connectivity index (χ4n) is 3.51. The first-order valence-electron chi connectivity index (χ1n) is 9.55. The van der Waals surface area contributed by atoms with Crippen molar-refractivity contribution in [3.63, 3.8) is 0 Å². The van der Waals surface area contributed by atoms with Crippen LogP contribution in [-0.2, 0) is 11.3 Å². The summed E-state index contributed by atoms with van der Waals surface area (Å²) in [6, 6.07) is 18.4. The van der Waals surface area contributed by atoms with E-state index in [0.717, 1.165) is 50.7 Å². The van der Waals surface area contributed by atoms with Gasteiger partial charge in [-0.15, -0.1) is 0 Å². The first kappa shape index (κ1) is 19.2. The monoisotopic (exact) mass is 367 g/mol. The number of carbonyl (C=O) groups excluding carboxylic acids is 1. The standard InChI is InChI=1S/C22H29N3O2/c1-23(18-19-8-4-3-5-9-19)13-12-22(26)25-16-14-24(15-17-25)20-10-6-7-11-21(20)27-2/h3-11H,12-18H2,1-2H3. The summed E-state index contributed by atoms with van der Waals surface area (Å²) in [5.74, 6) is 1.13. The summed E-state index contributed by atoms with van der Waals surface area (Å²) < 4.78 is 5.46. The average molecular weight is 367 g/mol. The van der Waals surface area contributed by atoms with Crippen LogP contribution in [0, 0.1) is 0 Å². The molecule has 0 N–H and O–H groups in total. The molecule has 5 heteroatoms. The minimum absolute atomic E-state index is 0.245. The van der Waals surface area contributed by atoms with Gasteiger partial charge in [0.05, 0.1) is 12.8 Å². The number of ether oxygens (including phenoxy) is 1. The van der Waals surface area contributed by atoms with E-state index in [4.69, 9.17) is 4.74 Å². The van der Waals surface area contributed by atoms with E-state index in [1.165, 1.54) is 5.56 Å². The summed E-state index contributed by atoms with van der Waals surface area (Å²) in [5, 5.41) is 0. The van der Waals surface area contributed by atoms with E-state index in [1.54, 1.807) is 7.11 Å². The molecule has 0 radical (unpaired) electrons. The summed E-state index contributed by atoms with van der Waals surface area (Å²) in [6.45, 7) is 4.85. The van der Waals surface area contributed by atoms with Crippen molar-refractivity contribution in [3.8, 4) is 5.75 Å². The molecule has 0 aliphatic carbocycles. The molecular formula is C22H29N3O2. The molecule has 3 rings (SSSR count). The Kier molecular flexibility index (Phi) is 6.71. The molecule has 144 valence electrons. The number of carbonyl (C=O) groups is 1. The van der Waals surface area contributed by atoms with E-state index in [-0.39, 0.29) is 5.91 Å².